The van der Waals surface area contributed by atoms with E-state index in [1.54, 1.807) is 0 Å². The number of carbonyl (C=O) groups excluding carboxylic acids is 1. The van der Waals surface area contributed by atoms with Crippen molar-refractivity contribution in [2.45, 2.75) is 34.6 Å². The van der Waals surface area contributed by atoms with Crippen LogP contribution in [0.15, 0.2) is 60.7 Å². The van der Waals surface area contributed by atoms with E-state index in [0.717, 1.165) is 50.1 Å². The number of carbonyl (C=O) groups is 1. The van der Waals surface area contributed by atoms with Crippen LogP contribution in [-0.4, -0.2) is 10.9 Å². The van der Waals surface area contributed by atoms with E-state index in [1.165, 1.54) is 5.56 Å². The topological polar surface area (TPSA) is 42.0 Å². The predicted molar refractivity (Wildman–Crippen MR) is 125 cm³/mol. The van der Waals surface area contributed by atoms with Crippen LogP contribution in [0.3, 0.4) is 0 Å². The first-order chi connectivity index (χ1) is 14.3. The van der Waals surface area contributed by atoms with E-state index in [0.29, 0.717) is 5.56 Å². The van der Waals surface area contributed by atoms with Gasteiger partial charge in [-0.2, -0.15) is 0 Å². The summed E-state index contributed by atoms with van der Waals surface area (Å²) in [5, 5.41) is 4.00. The van der Waals surface area contributed by atoms with Crippen LogP contribution in [0.2, 0.25) is 0 Å². The summed E-state index contributed by atoms with van der Waals surface area (Å²) >= 11 is 0. The molecule has 0 saturated heterocycles. The molecule has 4 aromatic rings. The Morgan fingerprint density at radius 3 is 2.27 bits per heavy atom. The number of nitrogens with one attached hydrogen (secondary N) is 1. The van der Waals surface area contributed by atoms with Crippen molar-refractivity contribution in [2.75, 3.05) is 5.32 Å². The summed E-state index contributed by atoms with van der Waals surface area (Å²) in [7, 11) is 0. The van der Waals surface area contributed by atoms with Gasteiger partial charge in [0.1, 0.15) is 0 Å². The lowest BCUT2D eigenvalue weighted by atomic mass is 9.98. The SMILES string of the molecule is Cc1ccc(-c2cc(C(=O)Nc3cccc(C)c3C)c3cc(C)cc(C)c3n2)cc1. The van der Waals surface area contributed by atoms with Gasteiger partial charge in [0, 0.05) is 16.6 Å². The van der Waals surface area contributed by atoms with Gasteiger partial charge < -0.3 is 5.32 Å². The Morgan fingerprint density at radius 1 is 0.800 bits per heavy atom. The summed E-state index contributed by atoms with van der Waals surface area (Å²) in [5.74, 6) is -0.116. The second-order valence-electron chi connectivity index (χ2n) is 8.10. The Balaban J connectivity index is 1.89. The number of nitrogens with zero attached hydrogens (tertiary/aromatic N) is 1. The zero-order chi connectivity index (χ0) is 21.4. The Labute approximate surface area is 177 Å². The van der Waals surface area contributed by atoms with Gasteiger partial charge in [-0.25, -0.2) is 4.98 Å². The third-order valence-electron chi connectivity index (χ3n) is 5.69. The van der Waals surface area contributed by atoms with Gasteiger partial charge >= 0.3 is 0 Å². The lowest BCUT2D eigenvalue weighted by Gasteiger charge is -2.14. The molecule has 0 aliphatic carbocycles. The van der Waals surface area contributed by atoms with Crippen molar-refractivity contribution in [3.05, 3.63) is 94.0 Å². The number of pyridine rings is 1. The van der Waals surface area contributed by atoms with Crippen molar-refractivity contribution in [1.82, 2.24) is 4.98 Å². The van der Waals surface area contributed by atoms with Crippen LogP contribution in [0.4, 0.5) is 5.69 Å². The molecule has 0 spiro atoms. The minimum Gasteiger partial charge on any atom is -0.322 e. The average molecular weight is 395 g/mol. The first-order valence-electron chi connectivity index (χ1n) is 10.2. The van der Waals surface area contributed by atoms with Crippen molar-refractivity contribution in [1.29, 1.82) is 0 Å². The van der Waals surface area contributed by atoms with Gasteiger partial charge in [0.05, 0.1) is 16.8 Å². The molecule has 4 rings (SSSR count). The molecule has 0 atom stereocenters. The fourth-order valence-corrected chi connectivity index (χ4v) is 3.82. The molecule has 3 nitrogen and oxygen atoms in total. The maximum absolute atomic E-state index is 13.4. The molecule has 30 heavy (non-hydrogen) atoms. The molecule has 0 aliphatic heterocycles. The zero-order valence-electron chi connectivity index (χ0n) is 18.1. The van der Waals surface area contributed by atoms with Crippen LogP contribution in [0.25, 0.3) is 22.2 Å². The molecule has 1 heterocycles. The Hall–Kier alpha value is -3.46. The van der Waals surface area contributed by atoms with Crippen LogP contribution in [0, 0.1) is 34.6 Å². The number of hydrogen-bond donors (Lipinski definition) is 1. The van der Waals surface area contributed by atoms with Crippen molar-refractivity contribution >= 4 is 22.5 Å². The highest BCUT2D eigenvalue weighted by Gasteiger charge is 2.17. The van der Waals surface area contributed by atoms with Crippen molar-refractivity contribution in [3.63, 3.8) is 0 Å². The number of hydrogen-bond acceptors (Lipinski definition) is 2. The largest absolute Gasteiger partial charge is 0.322 e. The van der Waals surface area contributed by atoms with E-state index in [1.807, 2.05) is 45.0 Å². The molecular formula is C27H26N2O. The standard InChI is InChI=1S/C27H26N2O/c1-16-9-11-21(12-10-16)25-15-23(22-14-17(2)13-19(4)26(22)28-25)27(30)29-24-8-6-7-18(3)20(24)5/h6-15H,1-5H3,(H,29,30). The Bertz CT molecular complexity index is 1270. The van der Waals surface area contributed by atoms with E-state index in [2.05, 4.69) is 55.6 Å². The zero-order valence-corrected chi connectivity index (χ0v) is 18.1. The molecule has 0 aliphatic rings. The molecule has 0 bridgehead atoms. The summed E-state index contributed by atoms with van der Waals surface area (Å²) in [6.07, 6.45) is 0. The number of anilines is 1. The fraction of sp³-hybridized carbons (Fsp3) is 0.185. The van der Waals surface area contributed by atoms with Gasteiger partial charge in [0.25, 0.3) is 5.91 Å². The molecule has 0 unspecified atom stereocenters. The molecule has 3 heteroatoms. The van der Waals surface area contributed by atoms with E-state index >= 15 is 0 Å². The number of rotatable bonds is 3. The molecule has 0 fully saturated rings. The Kier molecular flexibility index (Phi) is 5.13. The van der Waals surface area contributed by atoms with E-state index in [-0.39, 0.29) is 5.91 Å². The fourth-order valence-electron chi connectivity index (χ4n) is 3.82. The van der Waals surface area contributed by atoms with Crippen molar-refractivity contribution in [2.24, 2.45) is 0 Å². The smallest absolute Gasteiger partial charge is 0.256 e. The number of aryl methyl sites for hydroxylation is 4. The van der Waals surface area contributed by atoms with Crippen LogP contribution in [0.1, 0.15) is 38.2 Å². The molecule has 0 radical (unpaired) electrons. The monoisotopic (exact) mass is 394 g/mol. The second kappa shape index (κ2) is 7.75. The first kappa shape index (κ1) is 19.8. The summed E-state index contributed by atoms with van der Waals surface area (Å²) in [4.78, 5) is 18.3. The summed E-state index contributed by atoms with van der Waals surface area (Å²) in [6.45, 7) is 10.2. The average Bonchev–Trinajstić information content (AvgIpc) is 2.71. The lowest BCUT2D eigenvalue weighted by Crippen LogP contribution is -2.14. The van der Waals surface area contributed by atoms with Gasteiger partial charge in [0.15, 0.2) is 0 Å². The highest BCUT2D eigenvalue weighted by Crippen LogP contribution is 2.29. The van der Waals surface area contributed by atoms with Gasteiger partial charge in [0.2, 0.25) is 0 Å². The Morgan fingerprint density at radius 2 is 1.53 bits per heavy atom. The van der Waals surface area contributed by atoms with Crippen molar-refractivity contribution < 1.29 is 4.79 Å². The van der Waals surface area contributed by atoms with E-state index in [4.69, 9.17) is 4.98 Å². The minimum absolute atomic E-state index is 0.116. The number of benzene rings is 3. The first-order valence-corrected chi connectivity index (χ1v) is 10.2. The van der Waals surface area contributed by atoms with Crippen LogP contribution in [0.5, 0.6) is 0 Å². The van der Waals surface area contributed by atoms with Crippen LogP contribution in [-0.2, 0) is 0 Å². The van der Waals surface area contributed by atoms with Gasteiger partial charge in [-0.1, -0.05) is 53.6 Å². The third-order valence-corrected chi connectivity index (χ3v) is 5.69. The lowest BCUT2D eigenvalue weighted by molar-refractivity contribution is 0.102. The maximum atomic E-state index is 13.4. The summed E-state index contributed by atoms with van der Waals surface area (Å²) in [6, 6.07) is 20.3. The quantitative estimate of drug-likeness (QED) is 0.420. The molecule has 1 amide bonds. The molecule has 1 aromatic heterocycles. The molecule has 0 saturated carbocycles. The molecule has 1 N–H and O–H groups in total. The van der Waals surface area contributed by atoms with Crippen LogP contribution < -0.4 is 5.32 Å². The predicted octanol–water partition coefficient (Wildman–Crippen LogP) is 6.70. The molecule has 3 aromatic carbocycles. The van der Waals surface area contributed by atoms with Gasteiger partial charge in [-0.3, -0.25) is 4.79 Å². The molecular weight excluding hydrogens is 368 g/mol. The number of amides is 1. The second-order valence-corrected chi connectivity index (χ2v) is 8.10. The maximum Gasteiger partial charge on any atom is 0.256 e. The van der Waals surface area contributed by atoms with Crippen molar-refractivity contribution in [3.8, 4) is 11.3 Å². The highest BCUT2D eigenvalue weighted by molar-refractivity contribution is 6.13. The summed E-state index contributed by atoms with van der Waals surface area (Å²) < 4.78 is 0. The highest BCUT2D eigenvalue weighted by atomic mass is 16.1. The van der Waals surface area contributed by atoms with Crippen LogP contribution >= 0.6 is 0 Å². The summed E-state index contributed by atoms with van der Waals surface area (Å²) in [5.41, 5.74) is 9.77. The number of fused-ring (bicyclic) bond motifs is 1. The van der Waals surface area contributed by atoms with E-state index < -0.39 is 0 Å². The van der Waals surface area contributed by atoms with Gasteiger partial charge in [-0.15, -0.1) is 0 Å². The normalized spacial score (nSPS) is 11.0. The number of aromatic nitrogens is 1. The van der Waals surface area contributed by atoms with E-state index in [9.17, 15) is 4.79 Å². The molecule has 150 valence electrons. The third kappa shape index (κ3) is 3.71. The van der Waals surface area contributed by atoms with Gasteiger partial charge in [-0.05, 0) is 69.5 Å². The minimum atomic E-state index is -0.116.